The fourth-order valence-electron chi connectivity index (χ4n) is 0.922. The molecule has 0 aliphatic rings. The van der Waals surface area contributed by atoms with E-state index in [2.05, 4.69) is 9.59 Å². The minimum Gasteiger partial charge on any atom is -0.465 e. The monoisotopic (exact) mass is 229 g/mol. The molecule has 1 amide bonds. The van der Waals surface area contributed by atoms with Crippen LogP contribution in [-0.4, -0.2) is 46.6 Å². The summed E-state index contributed by atoms with van der Waals surface area (Å²) in [4.78, 5) is 24.4. The second-order valence-corrected chi connectivity index (χ2v) is 3.53. The predicted octanol–water partition coefficient (Wildman–Crippen LogP) is 0.173. The van der Waals surface area contributed by atoms with Crippen molar-refractivity contribution in [3.63, 3.8) is 0 Å². The van der Waals surface area contributed by atoms with E-state index in [1.54, 1.807) is 6.92 Å². The third-order valence-corrected chi connectivity index (χ3v) is 2.24. The minimum absolute atomic E-state index is 0.0649. The van der Waals surface area contributed by atoms with Crippen molar-refractivity contribution in [2.45, 2.75) is 6.92 Å². The fraction of sp³-hybridized carbons (Fsp3) is 0.500. The summed E-state index contributed by atoms with van der Waals surface area (Å²) in [5, 5.41) is 3.55. The average Bonchev–Trinajstić information content (AvgIpc) is 2.69. The van der Waals surface area contributed by atoms with Crippen LogP contribution in [0.3, 0.4) is 0 Å². The molecule has 0 spiro atoms. The van der Waals surface area contributed by atoms with Crippen LogP contribution in [0.1, 0.15) is 16.6 Å². The molecule has 0 aliphatic carbocycles. The number of aromatic nitrogens is 2. The first kappa shape index (κ1) is 11.6. The van der Waals surface area contributed by atoms with E-state index in [0.29, 0.717) is 11.5 Å². The lowest BCUT2D eigenvalue weighted by Gasteiger charge is -2.14. The van der Waals surface area contributed by atoms with Crippen LogP contribution >= 0.6 is 11.5 Å². The number of ether oxygens (including phenoxy) is 1. The number of nitrogens with zero attached hydrogens (tertiary/aromatic N) is 3. The van der Waals surface area contributed by atoms with Gasteiger partial charge >= 0.3 is 5.97 Å². The molecule has 0 unspecified atom stereocenters. The van der Waals surface area contributed by atoms with Gasteiger partial charge in [-0.25, -0.2) is 0 Å². The lowest BCUT2D eigenvalue weighted by Crippen LogP contribution is -2.32. The Morgan fingerprint density at radius 2 is 2.33 bits per heavy atom. The summed E-state index contributed by atoms with van der Waals surface area (Å²) in [5.41, 5.74) is 0. The molecule has 0 saturated carbocycles. The Morgan fingerprint density at radius 1 is 1.60 bits per heavy atom. The molecule has 0 saturated heterocycles. The first-order valence-corrected chi connectivity index (χ1v) is 5.11. The molecule has 0 atom stereocenters. The zero-order chi connectivity index (χ0) is 11.3. The van der Waals surface area contributed by atoms with E-state index in [1.807, 2.05) is 0 Å². The van der Waals surface area contributed by atoms with Gasteiger partial charge in [-0.3, -0.25) is 9.59 Å². The van der Waals surface area contributed by atoms with E-state index < -0.39 is 5.97 Å². The van der Waals surface area contributed by atoms with Crippen LogP contribution in [0.4, 0.5) is 0 Å². The van der Waals surface area contributed by atoms with Crippen LogP contribution in [-0.2, 0) is 9.53 Å². The van der Waals surface area contributed by atoms with Gasteiger partial charge < -0.3 is 9.64 Å². The lowest BCUT2D eigenvalue weighted by atomic mass is 10.4. The van der Waals surface area contributed by atoms with E-state index in [9.17, 15) is 9.59 Å². The molecular weight excluding hydrogens is 218 g/mol. The molecule has 1 heterocycles. The van der Waals surface area contributed by atoms with Gasteiger partial charge in [0.1, 0.15) is 11.4 Å². The van der Waals surface area contributed by atoms with Crippen LogP contribution in [0.15, 0.2) is 6.20 Å². The first-order chi connectivity index (χ1) is 7.15. The maximum Gasteiger partial charge on any atom is 0.325 e. The van der Waals surface area contributed by atoms with Crippen molar-refractivity contribution < 1.29 is 14.3 Å². The van der Waals surface area contributed by atoms with Gasteiger partial charge in [0.05, 0.1) is 12.8 Å². The molecule has 1 aromatic rings. The van der Waals surface area contributed by atoms with Crippen molar-refractivity contribution in [2.24, 2.45) is 0 Å². The van der Waals surface area contributed by atoms with Crippen molar-refractivity contribution in [1.29, 1.82) is 0 Å². The van der Waals surface area contributed by atoms with Gasteiger partial charge in [-0.05, 0) is 18.5 Å². The van der Waals surface area contributed by atoms with E-state index in [0.717, 1.165) is 11.5 Å². The van der Waals surface area contributed by atoms with Crippen molar-refractivity contribution in [2.75, 3.05) is 20.2 Å². The molecule has 0 bridgehead atoms. The SMILES string of the molecule is CCOC(=O)CN(C)C(=O)c1cnns1. The highest BCUT2D eigenvalue weighted by molar-refractivity contribution is 7.07. The Morgan fingerprint density at radius 3 is 2.87 bits per heavy atom. The van der Waals surface area contributed by atoms with Crippen LogP contribution in [0, 0.1) is 0 Å². The Balaban J connectivity index is 2.51. The number of carbonyl (C=O) groups is 2. The molecule has 0 fully saturated rings. The lowest BCUT2D eigenvalue weighted by molar-refractivity contribution is -0.143. The standard InChI is InChI=1S/C8H11N3O3S/c1-3-14-7(12)5-11(2)8(13)6-4-9-10-15-6/h4H,3,5H2,1-2H3. The first-order valence-electron chi connectivity index (χ1n) is 4.33. The largest absolute Gasteiger partial charge is 0.465 e. The van der Waals surface area contributed by atoms with Crippen LogP contribution in [0.5, 0.6) is 0 Å². The summed E-state index contributed by atoms with van der Waals surface area (Å²) in [7, 11) is 1.53. The number of esters is 1. The molecule has 7 heteroatoms. The number of rotatable bonds is 4. The van der Waals surface area contributed by atoms with Gasteiger partial charge in [0.15, 0.2) is 0 Å². The zero-order valence-corrected chi connectivity index (χ0v) is 9.28. The van der Waals surface area contributed by atoms with Crippen molar-refractivity contribution in [1.82, 2.24) is 14.5 Å². The molecule has 0 radical (unpaired) electrons. The molecular formula is C8H11N3O3S. The van der Waals surface area contributed by atoms with Gasteiger partial charge in [-0.1, -0.05) is 4.49 Å². The molecule has 1 aromatic heterocycles. The summed E-state index contributed by atoms with van der Waals surface area (Å²) >= 11 is 0.995. The molecule has 82 valence electrons. The summed E-state index contributed by atoms with van der Waals surface area (Å²) in [6, 6.07) is 0. The molecule has 1 rings (SSSR count). The normalized spacial score (nSPS) is 9.73. The van der Waals surface area contributed by atoms with Crippen molar-refractivity contribution in [3.8, 4) is 0 Å². The molecule has 0 N–H and O–H groups in total. The minimum atomic E-state index is -0.425. The maximum absolute atomic E-state index is 11.6. The van der Waals surface area contributed by atoms with E-state index in [1.165, 1.54) is 18.1 Å². The van der Waals surface area contributed by atoms with Gasteiger partial charge in [0.2, 0.25) is 0 Å². The number of carbonyl (C=O) groups excluding carboxylic acids is 2. The molecule has 0 aliphatic heterocycles. The van der Waals surface area contributed by atoms with Crippen LogP contribution < -0.4 is 0 Å². The second-order valence-electron chi connectivity index (χ2n) is 2.75. The highest BCUT2D eigenvalue weighted by atomic mass is 32.1. The number of amides is 1. The number of likely N-dealkylation sites (N-methyl/N-ethyl adjacent to an activating group) is 1. The van der Waals surface area contributed by atoms with Gasteiger partial charge in [-0.2, -0.15) is 0 Å². The topological polar surface area (TPSA) is 72.4 Å². The van der Waals surface area contributed by atoms with Crippen LogP contribution in [0.25, 0.3) is 0 Å². The highest BCUT2D eigenvalue weighted by Crippen LogP contribution is 2.05. The Bertz CT molecular complexity index is 339. The zero-order valence-electron chi connectivity index (χ0n) is 8.47. The smallest absolute Gasteiger partial charge is 0.325 e. The highest BCUT2D eigenvalue weighted by Gasteiger charge is 2.17. The third kappa shape index (κ3) is 3.28. The molecule has 6 nitrogen and oxygen atoms in total. The maximum atomic E-state index is 11.6. The summed E-state index contributed by atoms with van der Waals surface area (Å²) in [6.07, 6.45) is 1.37. The third-order valence-electron chi connectivity index (χ3n) is 1.59. The van der Waals surface area contributed by atoms with Gasteiger partial charge in [0.25, 0.3) is 5.91 Å². The van der Waals surface area contributed by atoms with Crippen molar-refractivity contribution >= 4 is 23.4 Å². The molecule has 0 aromatic carbocycles. The Labute approximate surface area is 91.0 Å². The summed E-state index contributed by atoms with van der Waals surface area (Å²) in [6.45, 7) is 1.96. The van der Waals surface area contributed by atoms with E-state index in [4.69, 9.17) is 4.74 Å². The van der Waals surface area contributed by atoms with E-state index in [-0.39, 0.29) is 12.5 Å². The Hall–Kier alpha value is -1.50. The van der Waals surface area contributed by atoms with E-state index >= 15 is 0 Å². The predicted molar refractivity (Wildman–Crippen MR) is 53.5 cm³/mol. The Kier molecular flexibility index (Phi) is 4.17. The number of hydrogen-bond donors (Lipinski definition) is 0. The van der Waals surface area contributed by atoms with Gasteiger partial charge in [0, 0.05) is 7.05 Å². The van der Waals surface area contributed by atoms with Gasteiger partial charge in [-0.15, -0.1) is 5.10 Å². The average molecular weight is 229 g/mol. The summed E-state index contributed by atoms with van der Waals surface area (Å²) < 4.78 is 8.29. The quantitative estimate of drug-likeness (QED) is 0.688. The molecule has 15 heavy (non-hydrogen) atoms. The number of hydrogen-bond acceptors (Lipinski definition) is 6. The van der Waals surface area contributed by atoms with Crippen molar-refractivity contribution in [3.05, 3.63) is 11.1 Å². The van der Waals surface area contributed by atoms with Crippen LogP contribution in [0.2, 0.25) is 0 Å². The fourth-order valence-corrected chi connectivity index (χ4v) is 1.43. The second kappa shape index (κ2) is 5.40. The summed E-state index contributed by atoms with van der Waals surface area (Å²) in [5.74, 6) is -0.705.